The molecule has 0 aliphatic heterocycles. The second-order valence-electron chi connectivity index (χ2n) is 9.17. The van der Waals surface area contributed by atoms with Crippen LogP contribution in [0.2, 0.25) is 0 Å². The SMILES string of the molecule is CCCCCCCCNC(=O)Nc1sc(C(=O)NCc2ccco2)c(C)c1C(=O)OC(C)(C)C. The summed E-state index contributed by atoms with van der Waals surface area (Å²) in [4.78, 5) is 38.6. The summed E-state index contributed by atoms with van der Waals surface area (Å²) in [7, 11) is 0. The number of nitrogens with one attached hydrogen (secondary N) is 3. The molecule has 0 aliphatic carbocycles. The zero-order valence-corrected chi connectivity index (χ0v) is 21.7. The Hall–Kier alpha value is -2.81. The summed E-state index contributed by atoms with van der Waals surface area (Å²) < 4.78 is 10.8. The minimum absolute atomic E-state index is 0.192. The number of ether oxygens (including phenoxy) is 1. The van der Waals surface area contributed by atoms with E-state index in [1.165, 1.54) is 25.5 Å². The molecule has 3 amide bonds. The van der Waals surface area contributed by atoms with E-state index in [2.05, 4.69) is 22.9 Å². The number of rotatable bonds is 12. The quantitative estimate of drug-likeness (QED) is 0.248. The Morgan fingerprint density at radius 2 is 1.76 bits per heavy atom. The van der Waals surface area contributed by atoms with E-state index in [1.807, 2.05) is 0 Å². The molecule has 0 atom stereocenters. The Morgan fingerprint density at radius 1 is 1.06 bits per heavy atom. The van der Waals surface area contributed by atoms with Crippen LogP contribution in [0, 0.1) is 6.92 Å². The second-order valence-corrected chi connectivity index (χ2v) is 10.2. The lowest BCUT2D eigenvalue weighted by Gasteiger charge is -2.20. The Balaban J connectivity index is 2.08. The molecule has 188 valence electrons. The van der Waals surface area contributed by atoms with Gasteiger partial charge in [0.15, 0.2) is 0 Å². The third-order valence-corrected chi connectivity index (χ3v) is 6.21. The third kappa shape index (κ3) is 8.85. The lowest BCUT2D eigenvalue weighted by atomic mass is 10.1. The molecule has 0 spiro atoms. The number of thiophene rings is 1. The van der Waals surface area contributed by atoms with Gasteiger partial charge in [0.2, 0.25) is 0 Å². The highest BCUT2D eigenvalue weighted by atomic mass is 32.1. The van der Waals surface area contributed by atoms with Crippen molar-refractivity contribution in [1.82, 2.24) is 10.6 Å². The van der Waals surface area contributed by atoms with Crippen LogP contribution in [0.5, 0.6) is 0 Å². The van der Waals surface area contributed by atoms with Crippen LogP contribution in [0.3, 0.4) is 0 Å². The summed E-state index contributed by atoms with van der Waals surface area (Å²) in [5.74, 6) is -0.329. The van der Waals surface area contributed by atoms with E-state index in [9.17, 15) is 14.4 Å². The second kappa shape index (κ2) is 13.2. The van der Waals surface area contributed by atoms with E-state index < -0.39 is 17.6 Å². The number of esters is 1. The summed E-state index contributed by atoms with van der Waals surface area (Å²) in [5, 5.41) is 8.64. The predicted octanol–water partition coefficient (Wildman–Crippen LogP) is 6.02. The molecule has 0 bridgehead atoms. The van der Waals surface area contributed by atoms with Crippen LogP contribution in [0.4, 0.5) is 9.80 Å². The van der Waals surface area contributed by atoms with Crippen LogP contribution in [-0.4, -0.2) is 30.1 Å². The predicted molar refractivity (Wildman–Crippen MR) is 135 cm³/mol. The zero-order valence-electron chi connectivity index (χ0n) is 20.8. The van der Waals surface area contributed by atoms with Crippen molar-refractivity contribution in [3.05, 3.63) is 40.2 Å². The molecule has 0 unspecified atom stereocenters. The fourth-order valence-electron chi connectivity index (χ4n) is 3.31. The molecule has 0 aliphatic rings. The van der Waals surface area contributed by atoms with E-state index >= 15 is 0 Å². The average molecular weight is 492 g/mol. The van der Waals surface area contributed by atoms with Gasteiger partial charge in [-0.05, 0) is 51.8 Å². The standard InChI is InChI=1S/C25H37N3O5S/c1-6-7-8-9-10-11-14-26-24(31)28-22-19(23(30)33-25(3,4)5)17(2)20(34-22)21(29)27-16-18-13-12-15-32-18/h12-13,15H,6-11,14,16H2,1-5H3,(H,27,29)(H2,26,28,31). The molecule has 8 nitrogen and oxygen atoms in total. The molecule has 0 fully saturated rings. The van der Waals surface area contributed by atoms with Crippen LogP contribution >= 0.6 is 11.3 Å². The van der Waals surface area contributed by atoms with Gasteiger partial charge in [-0.2, -0.15) is 0 Å². The maximum Gasteiger partial charge on any atom is 0.341 e. The zero-order chi connectivity index (χ0) is 25.1. The first-order valence-electron chi connectivity index (χ1n) is 11.8. The molecular formula is C25H37N3O5S. The third-order valence-electron chi connectivity index (χ3n) is 5.00. The van der Waals surface area contributed by atoms with Gasteiger partial charge in [0.05, 0.1) is 23.2 Å². The number of furan rings is 1. The van der Waals surface area contributed by atoms with E-state index in [-0.39, 0.29) is 23.0 Å². The van der Waals surface area contributed by atoms with Gasteiger partial charge in [-0.3, -0.25) is 10.1 Å². The molecule has 0 aromatic carbocycles. The van der Waals surface area contributed by atoms with Crippen molar-refractivity contribution in [3.63, 3.8) is 0 Å². The van der Waals surface area contributed by atoms with Gasteiger partial charge >= 0.3 is 12.0 Å². The monoisotopic (exact) mass is 491 g/mol. The van der Waals surface area contributed by atoms with E-state index in [0.717, 1.165) is 30.6 Å². The fourth-order valence-corrected chi connectivity index (χ4v) is 4.41. The van der Waals surface area contributed by atoms with Gasteiger partial charge in [-0.15, -0.1) is 11.3 Å². The van der Waals surface area contributed by atoms with E-state index in [4.69, 9.17) is 9.15 Å². The van der Waals surface area contributed by atoms with Crippen molar-refractivity contribution in [2.75, 3.05) is 11.9 Å². The Kier molecular flexibility index (Phi) is 10.6. The number of anilines is 1. The minimum atomic E-state index is -0.718. The smallest absolute Gasteiger partial charge is 0.341 e. The van der Waals surface area contributed by atoms with Crippen LogP contribution in [0.1, 0.15) is 97.6 Å². The van der Waals surface area contributed by atoms with E-state index in [1.54, 1.807) is 39.8 Å². The Bertz CT molecular complexity index is 945. The lowest BCUT2D eigenvalue weighted by molar-refractivity contribution is 0.00705. The molecule has 2 rings (SSSR count). The normalized spacial score (nSPS) is 11.2. The molecule has 2 aromatic heterocycles. The molecule has 0 saturated carbocycles. The van der Waals surface area contributed by atoms with Crippen molar-refractivity contribution in [1.29, 1.82) is 0 Å². The van der Waals surface area contributed by atoms with Crippen LogP contribution in [0.15, 0.2) is 22.8 Å². The summed E-state index contributed by atoms with van der Waals surface area (Å²) in [6.07, 6.45) is 8.27. The first-order chi connectivity index (χ1) is 16.1. The number of unbranched alkanes of at least 4 members (excludes halogenated alkanes) is 5. The van der Waals surface area contributed by atoms with Gasteiger partial charge in [-0.1, -0.05) is 39.0 Å². The van der Waals surface area contributed by atoms with Gasteiger partial charge in [0.25, 0.3) is 5.91 Å². The molecule has 9 heteroatoms. The molecule has 2 heterocycles. The summed E-state index contributed by atoms with van der Waals surface area (Å²) >= 11 is 1.05. The van der Waals surface area contributed by atoms with Crippen LogP contribution in [0.25, 0.3) is 0 Å². The number of hydrogen-bond donors (Lipinski definition) is 3. The topological polar surface area (TPSA) is 110 Å². The number of hydrogen-bond acceptors (Lipinski definition) is 6. The molecular weight excluding hydrogens is 454 g/mol. The summed E-state index contributed by atoms with van der Waals surface area (Å²) in [6.45, 7) is 9.92. The van der Waals surface area contributed by atoms with Crippen LogP contribution < -0.4 is 16.0 Å². The largest absolute Gasteiger partial charge is 0.467 e. The van der Waals surface area contributed by atoms with Crippen molar-refractivity contribution >= 4 is 34.2 Å². The molecule has 0 radical (unpaired) electrons. The summed E-state index contributed by atoms with van der Waals surface area (Å²) in [5.41, 5.74) is -0.0648. The number of urea groups is 1. The maximum atomic E-state index is 12.9. The van der Waals surface area contributed by atoms with Crippen molar-refractivity contribution in [3.8, 4) is 0 Å². The highest BCUT2D eigenvalue weighted by Gasteiger charge is 2.29. The highest BCUT2D eigenvalue weighted by molar-refractivity contribution is 7.18. The van der Waals surface area contributed by atoms with Crippen LogP contribution in [-0.2, 0) is 11.3 Å². The summed E-state index contributed by atoms with van der Waals surface area (Å²) in [6, 6.07) is 3.08. The Morgan fingerprint density at radius 3 is 2.41 bits per heavy atom. The van der Waals surface area contributed by atoms with Gasteiger partial charge in [0.1, 0.15) is 16.4 Å². The number of carbonyl (C=O) groups is 3. The van der Waals surface area contributed by atoms with Gasteiger partial charge in [0, 0.05) is 6.54 Å². The van der Waals surface area contributed by atoms with Crippen molar-refractivity contribution in [2.24, 2.45) is 0 Å². The Labute approximate surface area is 205 Å². The minimum Gasteiger partial charge on any atom is -0.467 e. The van der Waals surface area contributed by atoms with E-state index in [0.29, 0.717) is 22.7 Å². The highest BCUT2D eigenvalue weighted by Crippen LogP contribution is 2.34. The number of amides is 3. The first-order valence-corrected chi connectivity index (χ1v) is 12.7. The van der Waals surface area contributed by atoms with Gasteiger partial charge < -0.3 is 19.8 Å². The average Bonchev–Trinajstić information content (AvgIpc) is 3.38. The lowest BCUT2D eigenvalue weighted by Crippen LogP contribution is -2.30. The molecule has 0 saturated heterocycles. The molecule has 3 N–H and O–H groups in total. The van der Waals surface area contributed by atoms with Crippen molar-refractivity contribution < 1.29 is 23.5 Å². The molecule has 34 heavy (non-hydrogen) atoms. The maximum absolute atomic E-state index is 12.9. The number of carbonyl (C=O) groups excluding carboxylic acids is 3. The first kappa shape index (κ1) is 27.4. The van der Waals surface area contributed by atoms with Crippen molar-refractivity contribution in [2.45, 2.75) is 85.3 Å². The van der Waals surface area contributed by atoms with Gasteiger partial charge in [-0.25, -0.2) is 9.59 Å². The fraction of sp³-hybridized carbons (Fsp3) is 0.560. The molecule has 2 aromatic rings.